The quantitative estimate of drug-likeness (QED) is 0.598. The van der Waals surface area contributed by atoms with Gasteiger partial charge in [-0.25, -0.2) is 4.79 Å². The first kappa shape index (κ1) is 15.0. The molecular formula is C15H12ClF3N2O. The molecule has 3 nitrogen and oxygen atoms in total. The molecule has 0 unspecified atom stereocenters. The minimum atomic E-state index is -4.73. The van der Waals surface area contributed by atoms with Crippen molar-refractivity contribution >= 4 is 23.3 Å². The van der Waals surface area contributed by atoms with Crippen LogP contribution in [0.25, 0.3) is 0 Å². The minimum Gasteiger partial charge on any atom is -0.310 e. The summed E-state index contributed by atoms with van der Waals surface area (Å²) in [7, 11) is 0. The number of fused-ring (bicyclic) bond motifs is 1. The number of carbonyl (C=O) groups excluding carboxylic acids is 1. The van der Waals surface area contributed by atoms with Gasteiger partial charge < -0.3 is 10.6 Å². The maximum Gasteiger partial charge on any atom is 0.427 e. The summed E-state index contributed by atoms with van der Waals surface area (Å²) >= 11 is 5.70. The zero-order chi connectivity index (χ0) is 16.0. The first-order chi connectivity index (χ1) is 10.4. The van der Waals surface area contributed by atoms with E-state index in [9.17, 15) is 18.0 Å². The van der Waals surface area contributed by atoms with E-state index < -0.39 is 17.7 Å². The predicted octanol–water partition coefficient (Wildman–Crippen LogP) is 3.73. The molecule has 116 valence electrons. The maximum atomic E-state index is 13.7. The van der Waals surface area contributed by atoms with Gasteiger partial charge in [-0.2, -0.15) is 13.2 Å². The lowest BCUT2D eigenvalue weighted by Crippen LogP contribution is -2.59. The van der Waals surface area contributed by atoms with Crippen molar-refractivity contribution in [3.8, 4) is 11.8 Å². The second-order valence-electron chi connectivity index (χ2n) is 5.38. The van der Waals surface area contributed by atoms with Crippen LogP contribution in [0.5, 0.6) is 0 Å². The van der Waals surface area contributed by atoms with Gasteiger partial charge in [0.15, 0.2) is 0 Å². The number of nitrogens with one attached hydrogen (secondary N) is 2. The third-order valence-corrected chi connectivity index (χ3v) is 3.97. The highest BCUT2D eigenvalue weighted by Crippen LogP contribution is 2.44. The number of hydrogen-bond acceptors (Lipinski definition) is 1. The Bertz CT molecular complexity index is 688. The zero-order valence-corrected chi connectivity index (χ0v) is 12.1. The van der Waals surface area contributed by atoms with E-state index in [1.54, 1.807) is 0 Å². The summed E-state index contributed by atoms with van der Waals surface area (Å²) < 4.78 is 41.2. The average molecular weight is 329 g/mol. The molecule has 0 aromatic heterocycles. The lowest BCUT2D eigenvalue weighted by Gasteiger charge is -2.37. The molecule has 1 aromatic rings. The highest BCUT2D eigenvalue weighted by molar-refractivity contribution is 6.17. The summed E-state index contributed by atoms with van der Waals surface area (Å²) in [5.74, 6) is 5.03. The second-order valence-corrected chi connectivity index (χ2v) is 5.65. The Morgan fingerprint density at radius 2 is 2.09 bits per heavy atom. The van der Waals surface area contributed by atoms with Gasteiger partial charge >= 0.3 is 12.2 Å². The summed E-state index contributed by atoms with van der Waals surface area (Å²) in [6, 6.07) is 3.33. The molecular weight excluding hydrogens is 317 g/mol. The van der Waals surface area contributed by atoms with Crippen molar-refractivity contribution in [2.45, 2.75) is 30.4 Å². The van der Waals surface area contributed by atoms with Gasteiger partial charge in [-0.3, -0.25) is 0 Å². The summed E-state index contributed by atoms with van der Waals surface area (Å²) in [5.41, 5.74) is -2.09. The summed E-state index contributed by atoms with van der Waals surface area (Å²) in [6.45, 7) is 0. The molecule has 1 atom stereocenters. The fraction of sp³-hybridized carbons (Fsp3) is 0.400. The fourth-order valence-corrected chi connectivity index (χ4v) is 2.49. The van der Waals surface area contributed by atoms with Crippen LogP contribution in [0.3, 0.4) is 0 Å². The van der Waals surface area contributed by atoms with Crippen LogP contribution in [0.4, 0.5) is 23.7 Å². The minimum absolute atomic E-state index is 0.0171. The second kappa shape index (κ2) is 5.10. The van der Waals surface area contributed by atoms with E-state index in [1.807, 2.05) is 5.32 Å². The molecule has 7 heteroatoms. The van der Waals surface area contributed by atoms with E-state index in [0.29, 0.717) is 5.56 Å². The van der Waals surface area contributed by atoms with Crippen molar-refractivity contribution < 1.29 is 18.0 Å². The number of hydrogen-bond donors (Lipinski definition) is 2. The van der Waals surface area contributed by atoms with Gasteiger partial charge in [-0.1, -0.05) is 24.0 Å². The molecule has 22 heavy (non-hydrogen) atoms. The number of alkyl halides is 4. The first-order valence-electron chi connectivity index (χ1n) is 6.74. The molecule has 1 aromatic carbocycles. The third kappa shape index (κ3) is 2.50. The average Bonchev–Trinajstić information content (AvgIpc) is 3.26. The number of amides is 2. The molecule has 1 aliphatic carbocycles. The van der Waals surface area contributed by atoms with Gasteiger partial charge in [0, 0.05) is 23.0 Å². The van der Waals surface area contributed by atoms with Crippen LogP contribution in [0.15, 0.2) is 18.2 Å². The molecule has 1 heterocycles. The van der Waals surface area contributed by atoms with Crippen LogP contribution in [0.2, 0.25) is 0 Å². The van der Waals surface area contributed by atoms with Gasteiger partial charge in [0.25, 0.3) is 0 Å². The first-order valence-corrected chi connectivity index (χ1v) is 7.27. The standard InChI is InChI=1S/C15H12ClF3N2O/c16-8-10-3-4-11-12(7-10)20-13(22)21-14(11,15(17,18)19)6-5-9-1-2-9/h3-4,7,9H,1-2,8H2,(H2,20,21,22)/t14-/m0/s1. The van der Waals surface area contributed by atoms with Crippen LogP contribution < -0.4 is 10.6 Å². The monoisotopic (exact) mass is 328 g/mol. The maximum absolute atomic E-state index is 13.7. The summed E-state index contributed by atoms with van der Waals surface area (Å²) in [4.78, 5) is 11.7. The molecule has 0 spiro atoms. The van der Waals surface area contributed by atoms with Crippen LogP contribution in [0, 0.1) is 17.8 Å². The van der Waals surface area contributed by atoms with E-state index in [0.717, 1.165) is 12.8 Å². The summed E-state index contributed by atoms with van der Waals surface area (Å²) in [6.07, 6.45) is -3.14. The van der Waals surface area contributed by atoms with Crippen molar-refractivity contribution in [1.29, 1.82) is 0 Å². The van der Waals surface area contributed by atoms with Crippen molar-refractivity contribution in [1.82, 2.24) is 5.32 Å². The molecule has 2 N–H and O–H groups in total. The Labute approximate surface area is 130 Å². The Morgan fingerprint density at radius 1 is 1.36 bits per heavy atom. The number of carbonyl (C=O) groups is 1. The number of anilines is 1. The largest absolute Gasteiger partial charge is 0.427 e. The molecule has 2 amide bonds. The number of rotatable bonds is 1. The Hall–Kier alpha value is -1.87. The highest BCUT2D eigenvalue weighted by atomic mass is 35.5. The van der Waals surface area contributed by atoms with Crippen molar-refractivity contribution in [3.63, 3.8) is 0 Å². The van der Waals surface area contributed by atoms with E-state index in [1.165, 1.54) is 18.2 Å². The number of benzene rings is 1. The lowest BCUT2D eigenvalue weighted by molar-refractivity contribution is -0.178. The van der Waals surface area contributed by atoms with Crippen molar-refractivity contribution in [2.75, 3.05) is 5.32 Å². The molecule has 0 bridgehead atoms. The fourth-order valence-electron chi connectivity index (χ4n) is 2.33. The number of urea groups is 1. The third-order valence-electron chi connectivity index (χ3n) is 3.66. The van der Waals surface area contributed by atoms with E-state index in [4.69, 9.17) is 11.6 Å². The van der Waals surface area contributed by atoms with Gasteiger partial charge in [-0.15, -0.1) is 11.6 Å². The Morgan fingerprint density at radius 3 is 2.68 bits per heavy atom. The molecule has 0 saturated heterocycles. The molecule has 1 aliphatic heterocycles. The highest BCUT2D eigenvalue weighted by Gasteiger charge is 2.59. The van der Waals surface area contributed by atoms with Crippen molar-refractivity contribution in [3.05, 3.63) is 29.3 Å². The van der Waals surface area contributed by atoms with Crippen LogP contribution in [-0.4, -0.2) is 12.2 Å². The molecule has 1 saturated carbocycles. The van der Waals surface area contributed by atoms with Crippen molar-refractivity contribution in [2.24, 2.45) is 5.92 Å². The van der Waals surface area contributed by atoms with Crippen LogP contribution >= 0.6 is 11.6 Å². The zero-order valence-electron chi connectivity index (χ0n) is 11.4. The SMILES string of the molecule is O=C1Nc2cc(CCl)ccc2[C@@](C#CC2CC2)(C(F)(F)F)N1. The molecule has 3 rings (SSSR count). The van der Waals surface area contributed by atoms with E-state index >= 15 is 0 Å². The molecule has 2 aliphatic rings. The lowest BCUT2D eigenvalue weighted by atomic mass is 9.86. The van der Waals surface area contributed by atoms with E-state index in [-0.39, 0.29) is 23.0 Å². The predicted molar refractivity (Wildman–Crippen MR) is 76.4 cm³/mol. The van der Waals surface area contributed by atoms with Crippen LogP contribution in [-0.2, 0) is 11.4 Å². The smallest absolute Gasteiger partial charge is 0.310 e. The summed E-state index contributed by atoms with van der Waals surface area (Å²) in [5, 5.41) is 4.35. The molecule has 1 fully saturated rings. The number of halogens is 4. The molecule has 0 radical (unpaired) electrons. The van der Waals surface area contributed by atoms with Gasteiger partial charge in [-0.05, 0) is 24.5 Å². The Kier molecular flexibility index (Phi) is 3.48. The van der Waals surface area contributed by atoms with Gasteiger partial charge in [0.2, 0.25) is 5.54 Å². The normalized spacial score (nSPS) is 23.7. The van der Waals surface area contributed by atoms with E-state index in [2.05, 4.69) is 17.2 Å². The van der Waals surface area contributed by atoms with Gasteiger partial charge in [0.1, 0.15) is 0 Å². The van der Waals surface area contributed by atoms with Crippen LogP contribution in [0.1, 0.15) is 24.0 Å². The topological polar surface area (TPSA) is 41.1 Å². The van der Waals surface area contributed by atoms with Gasteiger partial charge in [0.05, 0.1) is 0 Å². The Balaban J connectivity index is 2.18.